The fourth-order valence-electron chi connectivity index (χ4n) is 2.60. The molecule has 0 bridgehead atoms. The molecule has 3 amide bonds. The third kappa shape index (κ3) is 4.83. The van der Waals surface area contributed by atoms with Gasteiger partial charge in [-0.2, -0.15) is 0 Å². The van der Waals surface area contributed by atoms with Crippen LogP contribution in [0, 0.1) is 5.82 Å². The highest BCUT2D eigenvalue weighted by Gasteiger charge is 2.35. The molecule has 27 heavy (non-hydrogen) atoms. The summed E-state index contributed by atoms with van der Waals surface area (Å²) in [4.78, 5) is 37.4. The molecule has 10 heteroatoms. The van der Waals surface area contributed by atoms with Gasteiger partial charge >= 0.3 is 0 Å². The normalized spacial score (nSPS) is 22.6. The quantitative estimate of drug-likeness (QED) is 0.742. The van der Waals surface area contributed by atoms with Gasteiger partial charge in [0.05, 0.1) is 16.7 Å². The van der Waals surface area contributed by atoms with E-state index in [9.17, 15) is 27.2 Å². The molecule has 0 radical (unpaired) electrons. The van der Waals surface area contributed by atoms with Crippen molar-refractivity contribution in [1.29, 1.82) is 0 Å². The summed E-state index contributed by atoms with van der Waals surface area (Å²) in [5.74, 6) is -1.67. The third-order valence-electron chi connectivity index (χ3n) is 3.86. The minimum atomic E-state index is -3.28. The molecule has 1 saturated heterocycles. The number of nitrogens with one attached hydrogen (secondary N) is 1. The molecule has 142 valence electrons. The molecule has 0 unspecified atom stereocenters. The summed E-state index contributed by atoms with van der Waals surface area (Å²) in [6.07, 6.45) is 2.66. The van der Waals surface area contributed by atoms with E-state index in [1.807, 2.05) is 0 Å². The Bertz CT molecular complexity index is 971. The van der Waals surface area contributed by atoms with Crippen LogP contribution in [0.25, 0.3) is 6.08 Å². The van der Waals surface area contributed by atoms with E-state index in [1.54, 1.807) is 6.07 Å². The van der Waals surface area contributed by atoms with Crippen molar-refractivity contribution in [3.05, 3.63) is 52.0 Å². The van der Waals surface area contributed by atoms with Gasteiger partial charge in [0.15, 0.2) is 9.84 Å². The molecule has 1 aromatic rings. The number of imide groups is 1. The molecule has 1 aromatic carbocycles. The number of hydrogen-bond acceptors (Lipinski definition) is 6. The number of carbonyl (C=O) groups is 3. The van der Waals surface area contributed by atoms with Crippen LogP contribution >= 0.6 is 11.8 Å². The van der Waals surface area contributed by atoms with Crippen molar-refractivity contribution in [2.75, 3.05) is 12.3 Å². The molecule has 1 atom stereocenters. The lowest BCUT2D eigenvalue weighted by molar-refractivity contribution is -0.124. The van der Waals surface area contributed by atoms with E-state index >= 15 is 0 Å². The number of nitrogens with zero attached hydrogens (tertiary/aromatic N) is 1. The molecule has 2 aliphatic rings. The van der Waals surface area contributed by atoms with Crippen molar-refractivity contribution in [3.8, 4) is 0 Å². The van der Waals surface area contributed by atoms with E-state index in [0.29, 0.717) is 5.56 Å². The minimum Gasteiger partial charge on any atom is -0.349 e. The maximum absolute atomic E-state index is 13.2. The van der Waals surface area contributed by atoms with Crippen molar-refractivity contribution in [2.24, 2.45) is 0 Å². The number of sulfone groups is 1. The summed E-state index contributed by atoms with van der Waals surface area (Å²) >= 11 is 0.721. The average molecular weight is 410 g/mol. The van der Waals surface area contributed by atoms with Crippen molar-refractivity contribution in [1.82, 2.24) is 10.2 Å². The zero-order chi connectivity index (χ0) is 19.6. The maximum Gasteiger partial charge on any atom is 0.293 e. The fourth-order valence-corrected chi connectivity index (χ4v) is 4.70. The van der Waals surface area contributed by atoms with Gasteiger partial charge in [-0.05, 0) is 41.6 Å². The predicted molar refractivity (Wildman–Crippen MR) is 98.6 cm³/mol. The van der Waals surface area contributed by atoms with Gasteiger partial charge in [0.25, 0.3) is 11.1 Å². The van der Waals surface area contributed by atoms with Crippen molar-refractivity contribution < 1.29 is 27.2 Å². The second-order valence-corrected chi connectivity index (χ2v) is 8.89. The molecule has 1 N–H and O–H groups in total. The smallest absolute Gasteiger partial charge is 0.293 e. The van der Waals surface area contributed by atoms with Crippen molar-refractivity contribution in [2.45, 2.75) is 12.5 Å². The summed E-state index contributed by atoms with van der Waals surface area (Å²) in [5.41, 5.74) is 0.451. The van der Waals surface area contributed by atoms with E-state index < -0.39 is 38.7 Å². The Morgan fingerprint density at radius 1 is 1.37 bits per heavy atom. The molecule has 0 spiro atoms. The molecular formula is C17H15FN2O5S2. The zero-order valence-electron chi connectivity index (χ0n) is 13.9. The van der Waals surface area contributed by atoms with Crippen LogP contribution < -0.4 is 5.32 Å². The average Bonchev–Trinajstić information content (AvgIpc) is 3.05. The Hall–Kier alpha value is -2.46. The van der Waals surface area contributed by atoms with Crippen LogP contribution in [0.5, 0.6) is 0 Å². The number of hydrogen-bond donors (Lipinski definition) is 1. The molecule has 2 heterocycles. The first-order valence-electron chi connectivity index (χ1n) is 7.95. The molecule has 2 aliphatic heterocycles. The molecular weight excluding hydrogens is 395 g/mol. The summed E-state index contributed by atoms with van der Waals surface area (Å²) in [6.45, 7) is -0.125. The highest BCUT2D eigenvalue weighted by molar-refractivity contribution is 8.18. The zero-order valence-corrected chi connectivity index (χ0v) is 15.6. The summed E-state index contributed by atoms with van der Waals surface area (Å²) in [6, 6.07) is 5.00. The van der Waals surface area contributed by atoms with E-state index in [1.165, 1.54) is 30.4 Å². The highest BCUT2D eigenvalue weighted by Crippen LogP contribution is 2.32. The topological polar surface area (TPSA) is 101 Å². The van der Waals surface area contributed by atoms with Gasteiger partial charge in [0.2, 0.25) is 5.91 Å². The molecule has 3 rings (SSSR count). The Morgan fingerprint density at radius 3 is 2.81 bits per heavy atom. The summed E-state index contributed by atoms with van der Waals surface area (Å²) in [7, 11) is -3.28. The Balaban J connectivity index is 1.58. The van der Waals surface area contributed by atoms with Crippen LogP contribution in [0.3, 0.4) is 0 Å². The first-order valence-corrected chi connectivity index (χ1v) is 10.5. The van der Waals surface area contributed by atoms with Gasteiger partial charge in [-0.1, -0.05) is 12.1 Å². The number of benzene rings is 1. The minimum absolute atomic E-state index is 0.125. The Kier molecular flexibility index (Phi) is 5.47. The van der Waals surface area contributed by atoms with Gasteiger partial charge in [-0.15, -0.1) is 0 Å². The number of amides is 3. The van der Waals surface area contributed by atoms with E-state index in [4.69, 9.17) is 0 Å². The SMILES string of the molecule is O=C(CCN1C(=O)S/C(=C/c2cccc(F)c2)C1=O)N[C@@H]1C=CS(=O)(=O)C1. The lowest BCUT2D eigenvalue weighted by Crippen LogP contribution is -2.38. The summed E-state index contributed by atoms with van der Waals surface area (Å²) in [5, 5.41) is 3.06. The maximum atomic E-state index is 13.2. The van der Waals surface area contributed by atoms with Crippen LogP contribution in [-0.2, 0) is 19.4 Å². The molecule has 1 fully saturated rings. The highest BCUT2D eigenvalue weighted by atomic mass is 32.2. The Morgan fingerprint density at radius 2 is 2.15 bits per heavy atom. The lowest BCUT2D eigenvalue weighted by Gasteiger charge is -2.14. The van der Waals surface area contributed by atoms with E-state index in [-0.39, 0.29) is 23.6 Å². The largest absolute Gasteiger partial charge is 0.349 e. The molecule has 0 aromatic heterocycles. The van der Waals surface area contributed by atoms with E-state index in [0.717, 1.165) is 22.1 Å². The monoisotopic (exact) mass is 410 g/mol. The van der Waals surface area contributed by atoms with Crippen LogP contribution in [0.2, 0.25) is 0 Å². The second kappa shape index (κ2) is 7.65. The first-order chi connectivity index (χ1) is 12.7. The second-order valence-electron chi connectivity index (χ2n) is 5.97. The van der Waals surface area contributed by atoms with Crippen LogP contribution in [-0.4, -0.2) is 48.7 Å². The summed E-state index contributed by atoms with van der Waals surface area (Å²) < 4.78 is 35.9. The van der Waals surface area contributed by atoms with Gasteiger partial charge in [-0.25, -0.2) is 12.8 Å². The standard InChI is InChI=1S/C17H15FN2O5S2/c18-12-3-1-2-11(8-12)9-14-16(22)20(17(23)26-14)6-4-15(21)19-13-5-7-27(24,25)10-13/h1-3,5,7-9,13H,4,6,10H2,(H,19,21)/b14-9+/t13-/m1/s1. The number of halogens is 1. The van der Waals surface area contributed by atoms with Gasteiger partial charge < -0.3 is 5.32 Å². The van der Waals surface area contributed by atoms with Gasteiger partial charge in [0.1, 0.15) is 5.82 Å². The number of rotatable bonds is 5. The third-order valence-corrected chi connectivity index (χ3v) is 6.16. The number of carbonyl (C=O) groups excluding carboxylic acids is 3. The van der Waals surface area contributed by atoms with Crippen molar-refractivity contribution in [3.63, 3.8) is 0 Å². The van der Waals surface area contributed by atoms with Crippen molar-refractivity contribution >= 4 is 44.7 Å². The van der Waals surface area contributed by atoms with Gasteiger partial charge in [0, 0.05) is 18.4 Å². The van der Waals surface area contributed by atoms with E-state index in [2.05, 4.69) is 5.32 Å². The first kappa shape index (κ1) is 19.3. The van der Waals surface area contributed by atoms with Crippen LogP contribution in [0.15, 0.2) is 40.7 Å². The molecule has 7 nitrogen and oxygen atoms in total. The molecule has 0 aliphatic carbocycles. The fraction of sp³-hybridized carbons (Fsp3) is 0.235. The lowest BCUT2D eigenvalue weighted by atomic mass is 10.2. The van der Waals surface area contributed by atoms with Gasteiger partial charge in [-0.3, -0.25) is 19.3 Å². The molecule has 0 saturated carbocycles. The van der Waals surface area contributed by atoms with Crippen LogP contribution in [0.1, 0.15) is 12.0 Å². The number of thioether (sulfide) groups is 1. The predicted octanol–water partition coefficient (Wildman–Crippen LogP) is 1.68. The van der Waals surface area contributed by atoms with Crippen LogP contribution in [0.4, 0.5) is 9.18 Å². The Labute approximate surface area is 159 Å².